The molecule has 3 fully saturated rings. The summed E-state index contributed by atoms with van der Waals surface area (Å²) in [5.74, 6) is 0. The highest BCUT2D eigenvalue weighted by molar-refractivity contribution is 5.22. The summed E-state index contributed by atoms with van der Waals surface area (Å²) in [4.78, 5) is 4.76. The zero-order valence-corrected chi connectivity index (χ0v) is 19.5. The molecule has 1 saturated heterocycles. The normalized spacial score (nSPS) is 31.6. The first-order valence-corrected chi connectivity index (χ1v) is 12.8. The molecule has 0 amide bonds. The Morgan fingerprint density at radius 3 is 2.59 bits per heavy atom. The summed E-state index contributed by atoms with van der Waals surface area (Å²) in [6, 6.07) is 7.31. The van der Waals surface area contributed by atoms with Gasteiger partial charge in [0.1, 0.15) is 0 Å². The first kappa shape index (κ1) is 22.5. The van der Waals surface area contributed by atoms with Gasteiger partial charge in [-0.3, -0.25) is 9.67 Å². The smallest absolute Gasteiger partial charge is 0.375 e. The molecule has 6 rings (SSSR count). The number of nitrogens with one attached hydrogen (secondary N) is 1. The molecule has 4 aliphatic rings. The van der Waals surface area contributed by atoms with Gasteiger partial charge in [0, 0.05) is 30.1 Å². The van der Waals surface area contributed by atoms with Gasteiger partial charge >= 0.3 is 6.18 Å². The lowest BCUT2D eigenvalue weighted by Gasteiger charge is -2.46. The topological polar surface area (TPSA) is 52.0 Å². The monoisotopic (exact) mass is 474 g/mol. The van der Waals surface area contributed by atoms with Crippen LogP contribution in [0.2, 0.25) is 0 Å². The molecule has 184 valence electrons. The molecule has 1 spiro atoms. The maximum atomic E-state index is 13.9. The summed E-state index contributed by atoms with van der Waals surface area (Å²) in [5.41, 5.74) is 0.285. The molecule has 0 bridgehead atoms. The van der Waals surface area contributed by atoms with Crippen LogP contribution in [0.25, 0.3) is 0 Å². The zero-order chi connectivity index (χ0) is 23.4. The van der Waals surface area contributed by atoms with Crippen molar-refractivity contribution in [3.63, 3.8) is 0 Å². The largest absolute Gasteiger partial charge is 0.396 e. The number of ether oxygens (including phenoxy) is 1. The fraction of sp³-hybridized carbons (Fsp3) is 0.692. The minimum atomic E-state index is -4.18. The molecule has 1 N–H and O–H groups in total. The molecule has 3 atom stereocenters. The molecular formula is C26H33F3N4O. The fourth-order valence-electron chi connectivity index (χ4n) is 7.17. The number of alkyl halides is 3. The van der Waals surface area contributed by atoms with Gasteiger partial charge in [-0.1, -0.05) is 18.9 Å². The Morgan fingerprint density at radius 1 is 1.06 bits per heavy atom. The van der Waals surface area contributed by atoms with Crippen molar-refractivity contribution in [1.82, 2.24) is 20.1 Å². The summed E-state index contributed by atoms with van der Waals surface area (Å²) < 4.78 is 49.6. The third kappa shape index (κ3) is 3.60. The van der Waals surface area contributed by atoms with Crippen molar-refractivity contribution in [3.05, 3.63) is 48.0 Å². The number of halogens is 3. The number of hydrogen-bond donors (Lipinski definition) is 1. The van der Waals surface area contributed by atoms with Gasteiger partial charge < -0.3 is 10.1 Å². The molecule has 2 aliphatic heterocycles. The highest BCUT2D eigenvalue weighted by Crippen LogP contribution is 2.67. The van der Waals surface area contributed by atoms with E-state index in [2.05, 4.69) is 22.5 Å². The third-order valence-corrected chi connectivity index (χ3v) is 9.17. The molecule has 2 aliphatic carbocycles. The van der Waals surface area contributed by atoms with Crippen molar-refractivity contribution in [2.45, 2.75) is 93.5 Å². The molecule has 4 heterocycles. The van der Waals surface area contributed by atoms with Gasteiger partial charge in [-0.2, -0.15) is 18.3 Å². The van der Waals surface area contributed by atoms with E-state index in [1.54, 1.807) is 10.9 Å². The van der Waals surface area contributed by atoms with E-state index in [4.69, 9.17) is 9.72 Å². The molecule has 0 radical (unpaired) electrons. The van der Waals surface area contributed by atoms with Gasteiger partial charge in [-0.25, -0.2) is 0 Å². The van der Waals surface area contributed by atoms with E-state index in [1.165, 1.54) is 12.8 Å². The first-order chi connectivity index (χ1) is 16.4. The minimum absolute atomic E-state index is 0.0437. The van der Waals surface area contributed by atoms with Crippen molar-refractivity contribution in [2.75, 3.05) is 13.2 Å². The number of fused-ring (bicyclic) bond motifs is 1. The van der Waals surface area contributed by atoms with Gasteiger partial charge in [0.05, 0.1) is 28.8 Å². The van der Waals surface area contributed by atoms with E-state index in [0.717, 1.165) is 56.6 Å². The Kier molecular flexibility index (Phi) is 5.33. The van der Waals surface area contributed by atoms with Crippen molar-refractivity contribution < 1.29 is 17.9 Å². The van der Waals surface area contributed by atoms with Crippen molar-refractivity contribution in [3.8, 4) is 0 Å². The van der Waals surface area contributed by atoms with Crippen LogP contribution in [-0.2, 0) is 10.2 Å². The second-order valence-electron chi connectivity index (χ2n) is 11.0. The van der Waals surface area contributed by atoms with Gasteiger partial charge in [-0.05, 0) is 76.1 Å². The summed E-state index contributed by atoms with van der Waals surface area (Å²) in [6.45, 7) is 1.47. The fourth-order valence-corrected chi connectivity index (χ4v) is 7.17. The number of aromatic nitrogens is 3. The number of hydrogen-bond acceptors (Lipinski definition) is 4. The van der Waals surface area contributed by atoms with Gasteiger partial charge in [0.2, 0.25) is 0 Å². The SMILES string of the molecule is FC(F)(F)C1([C@H]2C[C@H](NCC[C@@]3(c4ccccn4)CCOC4(CCCC4)C3)c3ccnn32)CC1. The predicted molar refractivity (Wildman–Crippen MR) is 121 cm³/mol. The average Bonchev–Trinajstić information content (AvgIpc) is 3.13. The van der Waals surface area contributed by atoms with Crippen LogP contribution in [0.5, 0.6) is 0 Å². The van der Waals surface area contributed by atoms with E-state index < -0.39 is 17.6 Å². The number of rotatable bonds is 6. The Labute approximate surface area is 198 Å². The van der Waals surface area contributed by atoms with E-state index in [9.17, 15) is 13.2 Å². The van der Waals surface area contributed by atoms with E-state index >= 15 is 0 Å². The highest BCUT2D eigenvalue weighted by Gasteiger charge is 2.69. The van der Waals surface area contributed by atoms with E-state index in [-0.39, 0.29) is 29.9 Å². The Balaban J connectivity index is 1.19. The van der Waals surface area contributed by atoms with E-state index in [1.807, 2.05) is 18.3 Å². The second kappa shape index (κ2) is 8.05. The third-order valence-electron chi connectivity index (χ3n) is 9.17. The lowest BCUT2D eigenvalue weighted by Crippen LogP contribution is -2.47. The molecule has 0 unspecified atom stereocenters. The summed E-state index contributed by atoms with van der Waals surface area (Å²) in [6.07, 6.45) is 7.63. The molecule has 34 heavy (non-hydrogen) atoms. The highest BCUT2D eigenvalue weighted by atomic mass is 19.4. The lowest BCUT2D eigenvalue weighted by atomic mass is 9.68. The predicted octanol–water partition coefficient (Wildman–Crippen LogP) is 5.65. The number of nitrogens with zero attached hydrogens (tertiary/aromatic N) is 3. The average molecular weight is 475 g/mol. The molecule has 2 aromatic heterocycles. The van der Waals surface area contributed by atoms with Crippen molar-refractivity contribution >= 4 is 0 Å². The quantitative estimate of drug-likeness (QED) is 0.588. The molecule has 0 aromatic carbocycles. The van der Waals surface area contributed by atoms with Gasteiger partial charge in [-0.15, -0.1) is 0 Å². The van der Waals surface area contributed by atoms with Crippen LogP contribution in [-0.4, -0.2) is 39.7 Å². The summed E-state index contributed by atoms with van der Waals surface area (Å²) >= 11 is 0. The maximum Gasteiger partial charge on any atom is 0.396 e. The molecule has 5 nitrogen and oxygen atoms in total. The summed E-state index contributed by atoms with van der Waals surface area (Å²) in [5, 5.41) is 7.93. The van der Waals surface area contributed by atoms with Gasteiger partial charge in [0.25, 0.3) is 0 Å². The van der Waals surface area contributed by atoms with Crippen molar-refractivity contribution in [2.24, 2.45) is 5.41 Å². The van der Waals surface area contributed by atoms with Crippen molar-refractivity contribution in [1.29, 1.82) is 0 Å². The van der Waals surface area contributed by atoms with E-state index in [0.29, 0.717) is 6.42 Å². The molecular weight excluding hydrogens is 441 g/mol. The minimum Gasteiger partial charge on any atom is -0.375 e. The molecule has 8 heteroatoms. The Bertz CT molecular complexity index is 1010. The zero-order valence-electron chi connectivity index (χ0n) is 19.5. The van der Waals surface area contributed by atoms with Crippen LogP contribution in [0.15, 0.2) is 36.7 Å². The number of pyridine rings is 1. The van der Waals surface area contributed by atoms with Crippen LogP contribution in [0.3, 0.4) is 0 Å². The lowest BCUT2D eigenvalue weighted by molar-refractivity contribution is -0.200. The van der Waals surface area contributed by atoms with Crippen LogP contribution < -0.4 is 5.32 Å². The first-order valence-electron chi connectivity index (χ1n) is 12.8. The van der Waals surface area contributed by atoms with Crippen LogP contribution in [0.1, 0.15) is 87.7 Å². The molecule has 2 saturated carbocycles. The van der Waals surface area contributed by atoms with Crippen LogP contribution in [0.4, 0.5) is 13.2 Å². The Hall–Kier alpha value is -1.93. The standard InChI is InChI=1S/C26H33F3N4O/c27-26(28,29)25(9-10-25)22-17-19(20-6-14-32-33(20)22)30-15-11-23(21-5-1-4-13-31-21)12-16-34-24(18-23)7-2-3-8-24/h1,4-6,13-14,19,22,30H,2-3,7-12,15-18H2/t19-,22+,23+/m0/s1. The second-order valence-corrected chi connectivity index (χ2v) is 11.0. The summed E-state index contributed by atoms with van der Waals surface area (Å²) in [7, 11) is 0. The van der Waals surface area contributed by atoms with Crippen LogP contribution in [0, 0.1) is 5.41 Å². The molecule has 2 aromatic rings. The maximum absolute atomic E-state index is 13.9. The Morgan fingerprint density at radius 2 is 1.88 bits per heavy atom. The van der Waals surface area contributed by atoms with Gasteiger partial charge in [0.15, 0.2) is 0 Å². The van der Waals surface area contributed by atoms with Crippen LogP contribution >= 0.6 is 0 Å².